The number of thiol groups is 1. The molecule has 68 valence electrons. The van der Waals surface area contributed by atoms with Crippen LogP contribution in [0, 0.1) is 0 Å². The molecule has 0 saturated carbocycles. The Bertz CT molecular complexity index is 69.5. The van der Waals surface area contributed by atoms with Crippen molar-refractivity contribution >= 4 is 30.7 Å². The lowest BCUT2D eigenvalue weighted by Crippen LogP contribution is -2.07. The van der Waals surface area contributed by atoms with Crippen LogP contribution in [0.5, 0.6) is 0 Å². The predicted molar refractivity (Wildman–Crippen MR) is 56.8 cm³/mol. The molecular formula is C7H17NOS2. The van der Waals surface area contributed by atoms with Crippen molar-refractivity contribution in [1.82, 2.24) is 5.32 Å². The van der Waals surface area contributed by atoms with E-state index in [1.807, 2.05) is 14.0 Å². The third-order valence-corrected chi connectivity index (χ3v) is 1.76. The first-order valence-corrected chi connectivity index (χ1v) is 5.39. The molecule has 0 aromatic rings. The number of carbonyl (C=O) groups excluding carboxylic acids is 1. The van der Waals surface area contributed by atoms with E-state index >= 15 is 0 Å². The van der Waals surface area contributed by atoms with Gasteiger partial charge < -0.3 is 10.1 Å². The summed E-state index contributed by atoms with van der Waals surface area (Å²) >= 11 is 5.58. The highest BCUT2D eigenvalue weighted by Crippen LogP contribution is 1.92. The van der Waals surface area contributed by atoms with Crippen LogP contribution in [0.1, 0.15) is 6.92 Å². The van der Waals surface area contributed by atoms with E-state index in [9.17, 15) is 4.79 Å². The summed E-state index contributed by atoms with van der Waals surface area (Å²) in [6, 6.07) is 0. The van der Waals surface area contributed by atoms with Gasteiger partial charge in [0.05, 0.1) is 0 Å². The van der Waals surface area contributed by atoms with Crippen molar-refractivity contribution in [3.63, 3.8) is 0 Å². The second-order valence-corrected chi connectivity index (χ2v) is 3.42. The van der Waals surface area contributed by atoms with Crippen molar-refractivity contribution in [2.45, 2.75) is 6.92 Å². The summed E-state index contributed by atoms with van der Waals surface area (Å²) in [5, 5.41) is 2.94. The molecule has 0 aliphatic heterocycles. The summed E-state index contributed by atoms with van der Waals surface area (Å²) in [6.45, 7) is 3.04. The van der Waals surface area contributed by atoms with E-state index in [1.54, 1.807) is 11.8 Å². The zero-order chi connectivity index (χ0) is 8.95. The van der Waals surface area contributed by atoms with Gasteiger partial charge in [-0.25, -0.2) is 0 Å². The average molecular weight is 195 g/mol. The third kappa shape index (κ3) is 25.2. The second kappa shape index (κ2) is 16.7. The van der Waals surface area contributed by atoms with Gasteiger partial charge in [-0.1, -0.05) is 6.92 Å². The molecule has 0 radical (unpaired) electrons. The Morgan fingerprint density at radius 3 is 2.36 bits per heavy atom. The van der Waals surface area contributed by atoms with Gasteiger partial charge in [0, 0.05) is 18.1 Å². The lowest BCUT2D eigenvalue weighted by Gasteiger charge is -1.84. The molecule has 0 bridgehead atoms. The van der Waals surface area contributed by atoms with Gasteiger partial charge in [0.25, 0.3) is 0 Å². The molecule has 0 amide bonds. The van der Waals surface area contributed by atoms with Gasteiger partial charge in [-0.2, -0.15) is 24.4 Å². The summed E-state index contributed by atoms with van der Waals surface area (Å²) in [7, 11) is 1.91. The van der Waals surface area contributed by atoms with E-state index in [4.69, 9.17) is 0 Å². The molecule has 0 aromatic carbocycles. The van der Waals surface area contributed by atoms with Crippen LogP contribution in [0.4, 0.5) is 0 Å². The summed E-state index contributed by atoms with van der Waals surface area (Å²) in [5.41, 5.74) is 0. The number of aldehydes is 1. The first kappa shape index (κ1) is 13.9. The number of rotatable bonds is 5. The standard InChI is InChI=1S/C4H8OS.C3H9NS/c1-2-6-4-3-5;1-4-2-3-5/h3H,2,4H2,1H3;4-5H,2-3H2,1H3. The maximum Gasteiger partial charge on any atom is 0.129 e. The number of hydrogen-bond acceptors (Lipinski definition) is 4. The lowest BCUT2D eigenvalue weighted by atomic mass is 10.8. The van der Waals surface area contributed by atoms with Gasteiger partial charge in [0.15, 0.2) is 0 Å². The molecule has 0 rings (SSSR count). The van der Waals surface area contributed by atoms with E-state index in [-0.39, 0.29) is 0 Å². The monoisotopic (exact) mass is 195 g/mol. The van der Waals surface area contributed by atoms with Crippen LogP contribution >= 0.6 is 24.4 Å². The minimum atomic E-state index is 0.649. The summed E-state index contributed by atoms with van der Waals surface area (Å²) in [4.78, 5) is 9.54. The van der Waals surface area contributed by atoms with Crippen LogP contribution in [-0.2, 0) is 4.79 Å². The van der Waals surface area contributed by atoms with E-state index in [0.29, 0.717) is 5.75 Å². The summed E-state index contributed by atoms with van der Waals surface area (Å²) < 4.78 is 0. The highest BCUT2D eigenvalue weighted by molar-refractivity contribution is 7.99. The highest BCUT2D eigenvalue weighted by Gasteiger charge is 1.74. The van der Waals surface area contributed by atoms with Gasteiger partial charge in [0.1, 0.15) is 6.29 Å². The minimum Gasteiger partial charge on any atom is -0.319 e. The Balaban J connectivity index is 0. The summed E-state index contributed by atoms with van der Waals surface area (Å²) in [6.07, 6.45) is 0.925. The van der Waals surface area contributed by atoms with Crippen LogP contribution in [0.25, 0.3) is 0 Å². The highest BCUT2D eigenvalue weighted by atomic mass is 32.2. The molecule has 0 aliphatic rings. The predicted octanol–water partition coefficient (Wildman–Crippen LogP) is 1.07. The van der Waals surface area contributed by atoms with Crippen LogP contribution in [0.15, 0.2) is 0 Å². The normalized spacial score (nSPS) is 8.27. The Morgan fingerprint density at radius 1 is 1.64 bits per heavy atom. The fraction of sp³-hybridized carbons (Fsp3) is 0.857. The maximum atomic E-state index is 9.54. The number of thioether (sulfide) groups is 1. The molecular weight excluding hydrogens is 178 g/mol. The van der Waals surface area contributed by atoms with Crippen molar-refractivity contribution < 1.29 is 4.79 Å². The van der Waals surface area contributed by atoms with Crippen LogP contribution in [0.3, 0.4) is 0 Å². The Kier molecular flexibility index (Phi) is 21.1. The fourth-order valence-corrected chi connectivity index (χ4v) is 0.833. The van der Waals surface area contributed by atoms with Gasteiger partial charge in [-0.3, -0.25) is 0 Å². The minimum absolute atomic E-state index is 0.649. The number of hydrogen-bond donors (Lipinski definition) is 2. The van der Waals surface area contributed by atoms with Crippen molar-refractivity contribution in [3.8, 4) is 0 Å². The van der Waals surface area contributed by atoms with Gasteiger partial charge in [-0.15, -0.1) is 0 Å². The zero-order valence-corrected chi connectivity index (χ0v) is 8.88. The van der Waals surface area contributed by atoms with E-state index < -0.39 is 0 Å². The number of nitrogens with one attached hydrogen (secondary N) is 1. The van der Waals surface area contributed by atoms with Gasteiger partial charge >= 0.3 is 0 Å². The maximum absolute atomic E-state index is 9.54. The van der Waals surface area contributed by atoms with E-state index in [2.05, 4.69) is 17.9 Å². The SMILES string of the molecule is CCSCC=O.CNCCS. The van der Waals surface area contributed by atoms with Crippen LogP contribution in [0.2, 0.25) is 0 Å². The number of carbonyl (C=O) groups is 1. The Hall–Kier alpha value is 0.330. The molecule has 11 heavy (non-hydrogen) atoms. The van der Waals surface area contributed by atoms with Crippen LogP contribution < -0.4 is 5.32 Å². The quantitative estimate of drug-likeness (QED) is 0.391. The lowest BCUT2D eigenvalue weighted by molar-refractivity contribution is -0.105. The molecule has 0 aliphatic carbocycles. The van der Waals surface area contributed by atoms with Crippen molar-refractivity contribution in [2.24, 2.45) is 0 Å². The van der Waals surface area contributed by atoms with Crippen molar-refractivity contribution in [1.29, 1.82) is 0 Å². The van der Waals surface area contributed by atoms with Crippen LogP contribution in [-0.4, -0.2) is 37.1 Å². The zero-order valence-electron chi connectivity index (χ0n) is 7.17. The largest absolute Gasteiger partial charge is 0.319 e. The van der Waals surface area contributed by atoms with E-state index in [0.717, 1.165) is 24.3 Å². The first-order chi connectivity index (χ1) is 5.33. The van der Waals surface area contributed by atoms with Gasteiger partial charge in [0.2, 0.25) is 0 Å². The smallest absolute Gasteiger partial charge is 0.129 e. The molecule has 0 aromatic heterocycles. The molecule has 0 atom stereocenters. The average Bonchev–Trinajstić information content (AvgIpc) is 2.04. The summed E-state index contributed by atoms with van der Waals surface area (Å²) in [5.74, 6) is 2.62. The molecule has 1 N–H and O–H groups in total. The Labute approximate surface area is 78.9 Å². The third-order valence-electron chi connectivity index (χ3n) is 0.752. The molecule has 0 fully saturated rings. The molecule has 0 spiro atoms. The molecule has 0 saturated heterocycles. The molecule has 2 nitrogen and oxygen atoms in total. The Morgan fingerprint density at radius 2 is 2.27 bits per heavy atom. The second-order valence-electron chi connectivity index (χ2n) is 1.65. The molecule has 4 heteroatoms. The topological polar surface area (TPSA) is 29.1 Å². The fourth-order valence-electron chi connectivity index (χ4n) is 0.278. The molecule has 0 unspecified atom stereocenters. The van der Waals surface area contributed by atoms with Gasteiger partial charge in [-0.05, 0) is 12.8 Å². The molecule has 0 heterocycles. The first-order valence-electron chi connectivity index (χ1n) is 3.60. The van der Waals surface area contributed by atoms with Crippen molar-refractivity contribution in [3.05, 3.63) is 0 Å². The van der Waals surface area contributed by atoms with Crippen molar-refractivity contribution in [2.75, 3.05) is 30.9 Å². The van der Waals surface area contributed by atoms with E-state index in [1.165, 1.54) is 0 Å².